The fourth-order valence-corrected chi connectivity index (χ4v) is 1.93. The smallest absolute Gasteiger partial charge is 0.339 e. The summed E-state index contributed by atoms with van der Waals surface area (Å²) in [5, 5.41) is 1.00. The van der Waals surface area contributed by atoms with Crippen LogP contribution in [0.5, 0.6) is 0 Å². The highest BCUT2D eigenvalue weighted by Crippen LogP contribution is 2.21. The Labute approximate surface area is 116 Å². The highest BCUT2D eigenvalue weighted by atomic mass is 35.5. The van der Waals surface area contributed by atoms with Gasteiger partial charge in [-0.25, -0.2) is 9.78 Å². The molecule has 0 saturated carbocycles. The first-order valence-electron chi connectivity index (χ1n) is 6.02. The molecule has 0 radical (unpaired) electrons. The Balaban J connectivity index is 2.21. The number of halogens is 1. The molecule has 0 fully saturated rings. The van der Waals surface area contributed by atoms with Gasteiger partial charge in [-0.15, -0.1) is 0 Å². The first-order chi connectivity index (χ1) is 9.22. The van der Waals surface area contributed by atoms with Crippen molar-refractivity contribution in [3.8, 4) is 0 Å². The minimum absolute atomic E-state index is 0.223. The van der Waals surface area contributed by atoms with Gasteiger partial charge in [0.25, 0.3) is 0 Å². The number of rotatable bonds is 5. The molecule has 1 heterocycles. The van der Waals surface area contributed by atoms with E-state index in [1.54, 1.807) is 6.07 Å². The molecule has 0 amide bonds. The lowest BCUT2D eigenvalue weighted by atomic mass is 10.1. The van der Waals surface area contributed by atoms with Crippen molar-refractivity contribution in [2.75, 3.05) is 19.8 Å². The largest absolute Gasteiger partial charge is 0.460 e. The summed E-state index contributed by atoms with van der Waals surface area (Å²) in [5.74, 6) is -0.416. The molecule has 100 valence electrons. The number of para-hydroxylation sites is 1. The lowest BCUT2D eigenvalue weighted by Crippen LogP contribution is -2.11. The van der Waals surface area contributed by atoms with Crippen molar-refractivity contribution in [1.82, 2.24) is 4.98 Å². The summed E-state index contributed by atoms with van der Waals surface area (Å²) < 4.78 is 10.3. The molecule has 0 unspecified atom stereocenters. The van der Waals surface area contributed by atoms with Crippen molar-refractivity contribution in [2.24, 2.45) is 0 Å². The van der Waals surface area contributed by atoms with E-state index in [-0.39, 0.29) is 11.8 Å². The molecule has 0 aliphatic rings. The number of ether oxygens (including phenoxy) is 2. The number of carbonyl (C=O) groups is 1. The van der Waals surface area contributed by atoms with Gasteiger partial charge in [0.2, 0.25) is 0 Å². The lowest BCUT2D eigenvalue weighted by Gasteiger charge is -2.07. The van der Waals surface area contributed by atoms with Crippen molar-refractivity contribution < 1.29 is 14.3 Å². The minimum atomic E-state index is -0.416. The number of benzene rings is 1. The van der Waals surface area contributed by atoms with Crippen LogP contribution in [0.2, 0.25) is 5.15 Å². The van der Waals surface area contributed by atoms with Crippen molar-refractivity contribution in [3.63, 3.8) is 0 Å². The van der Waals surface area contributed by atoms with Crippen LogP contribution in [-0.4, -0.2) is 30.8 Å². The number of esters is 1. The number of carbonyl (C=O) groups excluding carboxylic acids is 1. The molecule has 0 atom stereocenters. The second kappa shape index (κ2) is 6.50. The van der Waals surface area contributed by atoms with Gasteiger partial charge in [-0.2, -0.15) is 0 Å². The molecule has 2 rings (SSSR count). The molecule has 2 aromatic rings. The van der Waals surface area contributed by atoms with E-state index < -0.39 is 5.97 Å². The molecule has 0 aliphatic heterocycles. The average molecular weight is 280 g/mol. The third kappa shape index (κ3) is 3.43. The van der Waals surface area contributed by atoms with Crippen LogP contribution in [0.15, 0.2) is 30.3 Å². The number of nitrogens with zero attached hydrogens (tertiary/aromatic N) is 1. The zero-order chi connectivity index (χ0) is 13.7. The van der Waals surface area contributed by atoms with E-state index in [4.69, 9.17) is 21.1 Å². The Bertz CT molecular complexity index is 586. The van der Waals surface area contributed by atoms with Crippen molar-refractivity contribution in [1.29, 1.82) is 0 Å². The molecule has 1 aromatic heterocycles. The van der Waals surface area contributed by atoms with Gasteiger partial charge in [0.05, 0.1) is 17.7 Å². The first-order valence-corrected chi connectivity index (χ1v) is 6.40. The molecule has 0 bridgehead atoms. The number of pyridine rings is 1. The number of fused-ring (bicyclic) bond motifs is 1. The predicted octanol–water partition coefficient (Wildman–Crippen LogP) is 3.08. The molecular formula is C14H14ClNO3. The summed E-state index contributed by atoms with van der Waals surface area (Å²) in [6, 6.07) is 8.83. The summed E-state index contributed by atoms with van der Waals surface area (Å²) in [6.45, 7) is 3.10. The summed E-state index contributed by atoms with van der Waals surface area (Å²) in [6.07, 6.45) is 0. The topological polar surface area (TPSA) is 48.4 Å². The Kier molecular flexibility index (Phi) is 4.71. The van der Waals surface area contributed by atoms with Gasteiger partial charge in [-0.05, 0) is 19.1 Å². The minimum Gasteiger partial charge on any atom is -0.460 e. The van der Waals surface area contributed by atoms with E-state index in [0.29, 0.717) is 24.3 Å². The maximum Gasteiger partial charge on any atom is 0.339 e. The van der Waals surface area contributed by atoms with Gasteiger partial charge in [-0.1, -0.05) is 29.8 Å². The zero-order valence-corrected chi connectivity index (χ0v) is 11.3. The van der Waals surface area contributed by atoms with Crippen LogP contribution >= 0.6 is 11.6 Å². The Morgan fingerprint density at radius 3 is 2.89 bits per heavy atom. The SMILES string of the molecule is CCOCCOC(=O)c1cc(Cl)nc2ccccc12. The fraction of sp³-hybridized carbons (Fsp3) is 0.286. The van der Waals surface area contributed by atoms with E-state index in [9.17, 15) is 4.79 Å². The highest BCUT2D eigenvalue weighted by molar-refractivity contribution is 6.30. The zero-order valence-electron chi connectivity index (χ0n) is 10.6. The number of aromatic nitrogens is 1. The summed E-state index contributed by atoms with van der Waals surface area (Å²) in [5.41, 5.74) is 1.10. The van der Waals surface area contributed by atoms with E-state index >= 15 is 0 Å². The summed E-state index contributed by atoms with van der Waals surface area (Å²) in [4.78, 5) is 16.2. The van der Waals surface area contributed by atoms with Crippen LogP contribution in [0.25, 0.3) is 10.9 Å². The Hall–Kier alpha value is -1.65. The third-order valence-corrected chi connectivity index (χ3v) is 2.76. The molecule has 0 N–H and O–H groups in total. The van der Waals surface area contributed by atoms with Crippen LogP contribution in [0.1, 0.15) is 17.3 Å². The number of hydrogen-bond acceptors (Lipinski definition) is 4. The maximum absolute atomic E-state index is 12.0. The molecule has 19 heavy (non-hydrogen) atoms. The van der Waals surface area contributed by atoms with Gasteiger partial charge >= 0.3 is 5.97 Å². The van der Waals surface area contributed by atoms with Crippen molar-refractivity contribution in [3.05, 3.63) is 41.0 Å². The van der Waals surface area contributed by atoms with Crippen LogP contribution in [0.4, 0.5) is 0 Å². The second-order valence-electron chi connectivity index (χ2n) is 3.84. The van der Waals surface area contributed by atoms with Gasteiger partial charge in [0.15, 0.2) is 0 Å². The van der Waals surface area contributed by atoms with Gasteiger partial charge in [-0.3, -0.25) is 0 Å². The standard InChI is InChI=1S/C14H14ClNO3/c1-2-18-7-8-19-14(17)11-9-13(15)16-12-6-4-3-5-10(11)12/h3-6,9H,2,7-8H2,1H3. The molecule has 0 spiro atoms. The molecule has 4 nitrogen and oxygen atoms in total. The molecule has 0 aliphatic carbocycles. The second-order valence-corrected chi connectivity index (χ2v) is 4.23. The molecule has 0 saturated heterocycles. The first kappa shape index (κ1) is 13.8. The quantitative estimate of drug-likeness (QED) is 0.479. The molecule has 5 heteroatoms. The summed E-state index contributed by atoms with van der Waals surface area (Å²) >= 11 is 5.91. The average Bonchev–Trinajstić information content (AvgIpc) is 2.42. The van der Waals surface area contributed by atoms with Crippen molar-refractivity contribution in [2.45, 2.75) is 6.92 Å². The predicted molar refractivity (Wildman–Crippen MR) is 73.5 cm³/mol. The van der Waals surface area contributed by atoms with E-state index in [0.717, 1.165) is 5.39 Å². The maximum atomic E-state index is 12.0. The monoisotopic (exact) mass is 279 g/mol. The molecule has 1 aromatic carbocycles. The van der Waals surface area contributed by atoms with Crippen LogP contribution in [-0.2, 0) is 9.47 Å². The van der Waals surface area contributed by atoms with Gasteiger partial charge in [0, 0.05) is 12.0 Å². The fourth-order valence-electron chi connectivity index (χ4n) is 1.73. The van der Waals surface area contributed by atoms with E-state index in [2.05, 4.69) is 4.98 Å². The van der Waals surface area contributed by atoms with Crippen LogP contribution < -0.4 is 0 Å². The van der Waals surface area contributed by atoms with Crippen LogP contribution in [0, 0.1) is 0 Å². The Morgan fingerprint density at radius 1 is 1.32 bits per heavy atom. The Morgan fingerprint density at radius 2 is 2.11 bits per heavy atom. The number of hydrogen-bond donors (Lipinski definition) is 0. The lowest BCUT2D eigenvalue weighted by molar-refractivity contribution is 0.0337. The van der Waals surface area contributed by atoms with Crippen molar-refractivity contribution >= 4 is 28.5 Å². The summed E-state index contributed by atoms with van der Waals surface area (Å²) in [7, 11) is 0. The third-order valence-electron chi connectivity index (χ3n) is 2.57. The van der Waals surface area contributed by atoms with Gasteiger partial charge in [0.1, 0.15) is 11.8 Å². The van der Waals surface area contributed by atoms with Gasteiger partial charge < -0.3 is 9.47 Å². The normalized spacial score (nSPS) is 10.6. The van der Waals surface area contributed by atoms with Crippen LogP contribution in [0.3, 0.4) is 0 Å². The molecular weight excluding hydrogens is 266 g/mol. The van der Waals surface area contributed by atoms with E-state index in [1.807, 2.05) is 25.1 Å². The van der Waals surface area contributed by atoms with E-state index in [1.165, 1.54) is 6.07 Å². The highest BCUT2D eigenvalue weighted by Gasteiger charge is 2.13.